The van der Waals surface area contributed by atoms with Gasteiger partial charge in [-0.3, -0.25) is 4.90 Å². The van der Waals surface area contributed by atoms with Gasteiger partial charge in [0.15, 0.2) is 0 Å². The van der Waals surface area contributed by atoms with Gasteiger partial charge in [0, 0.05) is 18.6 Å². The molecule has 0 radical (unpaired) electrons. The molecule has 0 unspecified atom stereocenters. The van der Waals surface area contributed by atoms with Crippen molar-refractivity contribution in [3.63, 3.8) is 0 Å². The molecule has 1 aliphatic rings. The van der Waals surface area contributed by atoms with Crippen LogP contribution >= 0.6 is 0 Å². The lowest BCUT2D eigenvalue weighted by atomic mass is 9.72. The first-order valence-corrected chi connectivity index (χ1v) is 11.7. The average molecular weight is 420 g/mol. The number of aliphatic hydroxyl groups excluding tert-OH is 1. The second-order valence-corrected chi connectivity index (χ2v) is 11.0. The topological polar surface area (TPSA) is 41.9 Å². The van der Waals surface area contributed by atoms with Gasteiger partial charge in [-0.25, -0.2) is 0 Å². The van der Waals surface area contributed by atoms with E-state index in [0.29, 0.717) is 43.9 Å². The summed E-state index contributed by atoms with van der Waals surface area (Å²) in [6.45, 7) is 18.0. The van der Waals surface area contributed by atoms with Crippen molar-refractivity contribution < 1.29 is 14.6 Å². The lowest BCUT2D eigenvalue weighted by Crippen LogP contribution is -2.48. The Balaban J connectivity index is 1.68. The van der Waals surface area contributed by atoms with Crippen LogP contribution in [0.15, 0.2) is 24.3 Å². The van der Waals surface area contributed by atoms with Crippen LogP contribution in [0.1, 0.15) is 79.7 Å². The predicted octanol–water partition coefficient (Wildman–Crippen LogP) is 5.42. The summed E-state index contributed by atoms with van der Waals surface area (Å²) < 4.78 is 11.5. The minimum atomic E-state index is -0.447. The van der Waals surface area contributed by atoms with Crippen LogP contribution in [-0.4, -0.2) is 54.6 Å². The number of nitrogens with zero attached hydrogens (tertiary/aromatic N) is 1. The van der Waals surface area contributed by atoms with E-state index < -0.39 is 6.10 Å². The summed E-state index contributed by atoms with van der Waals surface area (Å²) in [6.07, 6.45) is 4.41. The molecule has 2 rings (SSSR count). The standard InChI is InChI=1S/C26H45NO3/c1-20-9-8-10-21(2)27(20)17-23(28)18-29-15-16-30-24-13-11-22(12-14-24)26(6,7)19-25(3,4)5/h11-14,20-21,23,28H,8-10,15-19H2,1-7H3/t20-,21-,23+/m1/s1. The van der Waals surface area contributed by atoms with Crippen LogP contribution in [0.5, 0.6) is 5.75 Å². The van der Waals surface area contributed by atoms with E-state index in [1.807, 2.05) is 12.1 Å². The molecule has 0 amide bonds. The maximum Gasteiger partial charge on any atom is 0.119 e. The summed E-state index contributed by atoms with van der Waals surface area (Å²) >= 11 is 0. The molecule has 4 nitrogen and oxygen atoms in total. The first-order chi connectivity index (χ1) is 14.0. The summed E-state index contributed by atoms with van der Waals surface area (Å²) in [7, 11) is 0. The van der Waals surface area contributed by atoms with Crippen LogP contribution in [0.25, 0.3) is 0 Å². The van der Waals surface area contributed by atoms with Crippen molar-refractivity contribution >= 4 is 0 Å². The zero-order chi connectivity index (χ0) is 22.4. The Labute approximate surface area is 185 Å². The van der Waals surface area contributed by atoms with Crippen molar-refractivity contribution in [1.82, 2.24) is 4.90 Å². The summed E-state index contributed by atoms with van der Waals surface area (Å²) in [6, 6.07) is 9.53. The van der Waals surface area contributed by atoms with Crippen LogP contribution in [0.2, 0.25) is 0 Å². The van der Waals surface area contributed by atoms with Gasteiger partial charge in [0.1, 0.15) is 12.4 Å². The Kier molecular flexibility index (Phi) is 9.20. The Hall–Kier alpha value is -1.10. The molecule has 1 aromatic carbocycles. The number of benzene rings is 1. The molecule has 1 aliphatic heterocycles. The largest absolute Gasteiger partial charge is 0.491 e. The first-order valence-electron chi connectivity index (χ1n) is 11.7. The van der Waals surface area contributed by atoms with E-state index in [1.165, 1.54) is 24.8 Å². The zero-order valence-corrected chi connectivity index (χ0v) is 20.4. The number of likely N-dealkylation sites (tertiary alicyclic amines) is 1. The van der Waals surface area contributed by atoms with E-state index in [9.17, 15) is 5.11 Å². The van der Waals surface area contributed by atoms with E-state index in [0.717, 1.165) is 12.2 Å². The minimum absolute atomic E-state index is 0.138. The van der Waals surface area contributed by atoms with Crippen molar-refractivity contribution in [2.24, 2.45) is 5.41 Å². The zero-order valence-electron chi connectivity index (χ0n) is 20.4. The predicted molar refractivity (Wildman–Crippen MR) is 125 cm³/mol. The third-order valence-electron chi connectivity index (χ3n) is 6.21. The number of aliphatic hydroxyl groups is 1. The van der Waals surface area contributed by atoms with Crippen molar-refractivity contribution in [2.75, 3.05) is 26.4 Å². The fraction of sp³-hybridized carbons (Fsp3) is 0.769. The Bertz CT molecular complexity index is 610. The number of hydrogen-bond donors (Lipinski definition) is 1. The van der Waals surface area contributed by atoms with E-state index in [-0.39, 0.29) is 5.41 Å². The van der Waals surface area contributed by atoms with E-state index in [4.69, 9.17) is 9.47 Å². The molecular weight excluding hydrogens is 374 g/mol. The molecule has 0 aliphatic carbocycles. The normalized spacial score (nSPS) is 22.1. The Morgan fingerprint density at radius 3 is 2.17 bits per heavy atom. The molecule has 1 fully saturated rings. The van der Waals surface area contributed by atoms with Gasteiger partial charge in [0.25, 0.3) is 0 Å². The lowest BCUT2D eigenvalue weighted by Gasteiger charge is -2.40. The summed E-state index contributed by atoms with van der Waals surface area (Å²) in [5.74, 6) is 0.866. The summed E-state index contributed by atoms with van der Waals surface area (Å²) in [4.78, 5) is 2.41. The van der Waals surface area contributed by atoms with Gasteiger partial charge in [-0.1, -0.05) is 53.2 Å². The molecule has 1 heterocycles. The van der Waals surface area contributed by atoms with Gasteiger partial charge < -0.3 is 14.6 Å². The van der Waals surface area contributed by atoms with Crippen molar-refractivity contribution in [1.29, 1.82) is 0 Å². The minimum Gasteiger partial charge on any atom is -0.491 e. The van der Waals surface area contributed by atoms with E-state index >= 15 is 0 Å². The quantitative estimate of drug-likeness (QED) is 0.514. The third-order valence-corrected chi connectivity index (χ3v) is 6.21. The highest BCUT2D eigenvalue weighted by molar-refractivity contribution is 5.31. The number of piperidine rings is 1. The van der Waals surface area contributed by atoms with Gasteiger partial charge in [0.05, 0.1) is 19.3 Å². The highest BCUT2D eigenvalue weighted by Crippen LogP contribution is 2.36. The summed E-state index contributed by atoms with van der Waals surface area (Å²) in [5.41, 5.74) is 1.77. The average Bonchev–Trinajstić information content (AvgIpc) is 2.63. The second-order valence-electron chi connectivity index (χ2n) is 11.0. The van der Waals surface area contributed by atoms with E-state index in [2.05, 4.69) is 65.5 Å². The van der Waals surface area contributed by atoms with Crippen molar-refractivity contribution in [3.8, 4) is 5.75 Å². The SMILES string of the molecule is C[C@@H]1CCC[C@@H](C)N1C[C@H](O)COCCOc1ccc(C(C)(C)CC(C)(C)C)cc1. The molecule has 1 saturated heterocycles. The molecule has 0 aromatic heterocycles. The maximum absolute atomic E-state index is 10.3. The van der Waals surface area contributed by atoms with E-state index in [1.54, 1.807) is 0 Å². The van der Waals surface area contributed by atoms with Crippen LogP contribution in [-0.2, 0) is 10.2 Å². The Morgan fingerprint density at radius 1 is 1.00 bits per heavy atom. The van der Waals surface area contributed by atoms with Gasteiger partial charge >= 0.3 is 0 Å². The highest BCUT2D eigenvalue weighted by atomic mass is 16.5. The Morgan fingerprint density at radius 2 is 1.60 bits per heavy atom. The number of β-amino-alcohol motifs (C(OH)–C–C–N with tert-alkyl or cyclic N) is 1. The number of hydrogen-bond acceptors (Lipinski definition) is 4. The molecule has 0 spiro atoms. The first kappa shape index (κ1) is 25.2. The van der Waals surface area contributed by atoms with Gasteiger partial charge in [-0.05, 0) is 61.6 Å². The van der Waals surface area contributed by atoms with Gasteiger partial charge in [-0.15, -0.1) is 0 Å². The molecular formula is C26H45NO3. The molecule has 1 N–H and O–H groups in total. The fourth-order valence-corrected chi connectivity index (χ4v) is 5.00. The smallest absolute Gasteiger partial charge is 0.119 e. The molecule has 4 heteroatoms. The van der Waals surface area contributed by atoms with Crippen LogP contribution < -0.4 is 4.74 Å². The molecule has 172 valence electrons. The molecule has 0 saturated carbocycles. The summed E-state index contributed by atoms with van der Waals surface area (Å²) in [5, 5.41) is 10.3. The highest BCUT2D eigenvalue weighted by Gasteiger charge is 2.27. The molecule has 30 heavy (non-hydrogen) atoms. The third kappa shape index (κ3) is 8.20. The second kappa shape index (κ2) is 11.0. The maximum atomic E-state index is 10.3. The molecule has 3 atom stereocenters. The molecule has 1 aromatic rings. The monoisotopic (exact) mass is 419 g/mol. The number of rotatable bonds is 10. The van der Waals surface area contributed by atoms with Crippen molar-refractivity contribution in [3.05, 3.63) is 29.8 Å². The van der Waals surface area contributed by atoms with Crippen LogP contribution in [0.3, 0.4) is 0 Å². The van der Waals surface area contributed by atoms with Gasteiger partial charge in [0.2, 0.25) is 0 Å². The molecule has 0 bridgehead atoms. The number of ether oxygens (including phenoxy) is 2. The van der Waals surface area contributed by atoms with Gasteiger partial charge in [-0.2, -0.15) is 0 Å². The van der Waals surface area contributed by atoms with Crippen LogP contribution in [0, 0.1) is 5.41 Å². The fourth-order valence-electron chi connectivity index (χ4n) is 5.00. The van der Waals surface area contributed by atoms with Crippen LogP contribution in [0.4, 0.5) is 0 Å². The lowest BCUT2D eigenvalue weighted by molar-refractivity contribution is -0.0141. The van der Waals surface area contributed by atoms with Crippen molar-refractivity contribution in [2.45, 2.75) is 97.8 Å².